The first-order valence-corrected chi connectivity index (χ1v) is 7.27. The summed E-state index contributed by atoms with van der Waals surface area (Å²) in [6.07, 6.45) is 1.02. The van der Waals surface area contributed by atoms with Crippen LogP contribution in [0, 0.1) is 19.8 Å². The number of aromatic nitrogens is 2. The molecule has 1 unspecified atom stereocenters. The van der Waals surface area contributed by atoms with Crippen LogP contribution in [0.15, 0.2) is 0 Å². The van der Waals surface area contributed by atoms with Gasteiger partial charge >= 0.3 is 5.97 Å². The summed E-state index contributed by atoms with van der Waals surface area (Å²) in [5, 5.41) is 13.3. The Balaban J connectivity index is 2.64. The van der Waals surface area contributed by atoms with Crippen LogP contribution in [0.1, 0.15) is 37.2 Å². The Morgan fingerprint density at radius 1 is 1.38 bits per heavy atom. The lowest BCUT2D eigenvalue weighted by atomic mass is 10.1. The first kappa shape index (κ1) is 17.2. The number of carbonyl (C=O) groups is 2. The lowest BCUT2D eigenvalue weighted by Crippen LogP contribution is -2.36. The number of hydrogen-bond acceptors (Lipinski definition) is 3. The standard InChI is InChI=1S/C15H25N3O3/c1-6-18(9-10(2)15(20)21)14(19)8-7-13-11(3)16-17(5)12(13)4/h10H,6-9H2,1-5H3,(H,20,21). The quantitative estimate of drug-likeness (QED) is 0.828. The van der Waals surface area contributed by atoms with Crippen molar-refractivity contribution in [2.75, 3.05) is 13.1 Å². The smallest absolute Gasteiger partial charge is 0.308 e. The molecule has 0 aliphatic rings. The summed E-state index contributed by atoms with van der Waals surface area (Å²) in [5.41, 5.74) is 3.13. The van der Waals surface area contributed by atoms with Crippen LogP contribution >= 0.6 is 0 Å². The maximum atomic E-state index is 12.2. The number of amides is 1. The first-order chi connectivity index (χ1) is 9.77. The number of carbonyl (C=O) groups excluding carboxylic acids is 1. The average molecular weight is 295 g/mol. The van der Waals surface area contributed by atoms with Gasteiger partial charge in [0.05, 0.1) is 11.6 Å². The summed E-state index contributed by atoms with van der Waals surface area (Å²) < 4.78 is 1.82. The van der Waals surface area contributed by atoms with E-state index in [0.717, 1.165) is 17.0 Å². The second-order valence-electron chi connectivity index (χ2n) is 5.44. The van der Waals surface area contributed by atoms with E-state index in [4.69, 9.17) is 5.11 Å². The molecule has 0 aliphatic carbocycles. The lowest BCUT2D eigenvalue weighted by molar-refractivity contribution is -0.143. The summed E-state index contributed by atoms with van der Waals surface area (Å²) >= 11 is 0. The third kappa shape index (κ3) is 4.31. The van der Waals surface area contributed by atoms with Gasteiger partial charge in [-0.15, -0.1) is 0 Å². The molecular weight excluding hydrogens is 270 g/mol. The van der Waals surface area contributed by atoms with E-state index in [1.54, 1.807) is 11.8 Å². The molecule has 1 N–H and O–H groups in total. The van der Waals surface area contributed by atoms with Crippen LogP contribution in [0.25, 0.3) is 0 Å². The molecule has 1 atom stereocenters. The van der Waals surface area contributed by atoms with Crippen LogP contribution in [0.2, 0.25) is 0 Å². The van der Waals surface area contributed by atoms with Crippen LogP contribution in [-0.4, -0.2) is 44.8 Å². The van der Waals surface area contributed by atoms with Gasteiger partial charge < -0.3 is 10.0 Å². The SMILES string of the molecule is CCN(CC(C)C(=O)O)C(=O)CCc1c(C)nn(C)c1C. The van der Waals surface area contributed by atoms with Gasteiger partial charge in [-0.1, -0.05) is 6.92 Å². The molecule has 1 aromatic heterocycles. The van der Waals surface area contributed by atoms with Gasteiger partial charge in [-0.05, 0) is 32.8 Å². The number of carboxylic acids is 1. The third-order valence-corrected chi connectivity index (χ3v) is 3.90. The van der Waals surface area contributed by atoms with Gasteiger partial charge in [0.25, 0.3) is 0 Å². The minimum Gasteiger partial charge on any atom is -0.481 e. The average Bonchev–Trinajstić information content (AvgIpc) is 2.66. The molecule has 0 spiro atoms. The number of nitrogens with zero attached hydrogens (tertiary/aromatic N) is 3. The maximum Gasteiger partial charge on any atom is 0.308 e. The number of aryl methyl sites for hydroxylation is 2. The summed E-state index contributed by atoms with van der Waals surface area (Å²) in [6, 6.07) is 0. The fourth-order valence-corrected chi connectivity index (χ4v) is 2.39. The van der Waals surface area contributed by atoms with E-state index < -0.39 is 11.9 Å². The topological polar surface area (TPSA) is 75.4 Å². The van der Waals surface area contributed by atoms with Gasteiger partial charge in [-0.3, -0.25) is 14.3 Å². The molecule has 0 aromatic carbocycles. The molecule has 0 bridgehead atoms. The zero-order chi connectivity index (χ0) is 16.2. The first-order valence-electron chi connectivity index (χ1n) is 7.27. The molecule has 0 saturated heterocycles. The van der Waals surface area contributed by atoms with E-state index in [9.17, 15) is 9.59 Å². The number of aliphatic carboxylic acids is 1. The van der Waals surface area contributed by atoms with Gasteiger partial charge in [0.1, 0.15) is 0 Å². The van der Waals surface area contributed by atoms with Gasteiger partial charge in [-0.2, -0.15) is 5.10 Å². The zero-order valence-corrected chi connectivity index (χ0v) is 13.5. The predicted molar refractivity (Wildman–Crippen MR) is 80.1 cm³/mol. The molecule has 0 fully saturated rings. The minimum absolute atomic E-state index is 0.00625. The van der Waals surface area contributed by atoms with Crippen LogP contribution in [-0.2, 0) is 23.1 Å². The normalized spacial score (nSPS) is 12.2. The summed E-state index contributed by atoms with van der Waals surface area (Å²) in [7, 11) is 1.89. The molecule has 0 aliphatic heterocycles. The van der Waals surface area contributed by atoms with Crippen molar-refractivity contribution in [1.29, 1.82) is 0 Å². The Morgan fingerprint density at radius 3 is 2.43 bits per heavy atom. The van der Waals surface area contributed by atoms with Crippen LogP contribution in [0.5, 0.6) is 0 Å². The summed E-state index contributed by atoms with van der Waals surface area (Å²) in [4.78, 5) is 24.7. The zero-order valence-electron chi connectivity index (χ0n) is 13.5. The van der Waals surface area contributed by atoms with E-state index in [1.165, 1.54) is 0 Å². The van der Waals surface area contributed by atoms with Crippen molar-refractivity contribution in [3.63, 3.8) is 0 Å². The minimum atomic E-state index is -0.875. The fourth-order valence-electron chi connectivity index (χ4n) is 2.39. The van der Waals surface area contributed by atoms with Crippen molar-refractivity contribution in [3.05, 3.63) is 17.0 Å². The Bertz CT molecular complexity index is 522. The number of rotatable bonds is 7. The number of hydrogen-bond donors (Lipinski definition) is 1. The van der Waals surface area contributed by atoms with Crippen LogP contribution in [0.4, 0.5) is 0 Å². The monoisotopic (exact) mass is 295 g/mol. The molecule has 21 heavy (non-hydrogen) atoms. The van der Waals surface area contributed by atoms with Crippen molar-refractivity contribution >= 4 is 11.9 Å². The van der Waals surface area contributed by atoms with Gasteiger partial charge in [-0.25, -0.2) is 0 Å². The fraction of sp³-hybridized carbons (Fsp3) is 0.667. The molecule has 1 rings (SSSR count). The van der Waals surface area contributed by atoms with E-state index in [0.29, 0.717) is 19.4 Å². The molecule has 0 radical (unpaired) electrons. The van der Waals surface area contributed by atoms with Crippen LogP contribution < -0.4 is 0 Å². The molecular formula is C15H25N3O3. The van der Waals surface area contributed by atoms with Crippen LogP contribution in [0.3, 0.4) is 0 Å². The van der Waals surface area contributed by atoms with E-state index in [1.807, 2.05) is 32.5 Å². The number of carboxylic acid groups (broad SMARTS) is 1. The second kappa shape index (κ2) is 7.24. The van der Waals surface area contributed by atoms with E-state index in [-0.39, 0.29) is 12.5 Å². The maximum absolute atomic E-state index is 12.2. The highest BCUT2D eigenvalue weighted by Gasteiger charge is 2.20. The lowest BCUT2D eigenvalue weighted by Gasteiger charge is -2.23. The Hall–Kier alpha value is -1.85. The van der Waals surface area contributed by atoms with Gasteiger partial charge in [0, 0.05) is 32.3 Å². The molecule has 0 saturated carbocycles. The molecule has 6 heteroatoms. The summed E-state index contributed by atoms with van der Waals surface area (Å²) in [6.45, 7) is 8.21. The molecule has 6 nitrogen and oxygen atoms in total. The van der Waals surface area contributed by atoms with Crippen molar-refractivity contribution in [3.8, 4) is 0 Å². The molecule has 1 amide bonds. The predicted octanol–water partition coefficient (Wildman–Crippen LogP) is 1.54. The molecule has 1 heterocycles. The largest absolute Gasteiger partial charge is 0.481 e. The van der Waals surface area contributed by atoms with Crippen molar-refractivity contribution in [1.82, 2.24) is 14.7 Å². The molecule has 1 aromatic rings. The second-order valence-corrected chi connectivity index (χ2v) is 5.44. The highest BCUT2D eigenvalue weighted by molar-refractivity contribution is 5.77. The summed E-state index contributed by atoms with van der Waals surface area (Å²) in [5.74, 6) is -1.43. The third-order valence-electron chi connectivity index (χ3n) is 3.90. The Labute approximate surface area is 125 Å². The van der Waals surface area contributed by atoms with Crippen molar-refractivity contribution in [2.24, 2.45) is 13.0 Å². The van der Waals surface area contributed by atoms with Gasteiger partial charge in [0.15, 0.2) is 0 Å². The van der Waals surface area contributed by atoms with Crippen molar-refractivity contribution in [2.45, 2.75) is 40.5 Å². The Kier molecular flexibility index (Phi) is 5.93. The highest BCUT2D eigenvalue weighted by Crippen LogP contribution is 2.15. The highest BCUT2D eigenvalue weighted by atomic mass is 16.4. The van der Waals surface area contributed by atoms with Crippen molar-refractivity contribution < 1.29 is 14.7 Å². The van der Waals surface area contributed by atoms with E-state index >= 15 is 0 Å². The molecule has 118 valence electrons. The van der Waals surface area contributed by atoms with Gasteiger partial charge in [0.2, 0.25) is 5.91 Å². The van der Waals surface area contributed by atoms with E-state index in [2.05, 4.69) is 5.10 Å². The Morgan fingerprint density at radius 2 is 2.00 bits per heavy atom.